The van der Waals surface area contributed by atoms with E-state index < -0.39 is 33.2 Å². The third-order valence-corrected chi connectivity index (χ3v) is 3.93. The molecule has 8 heteroatoms. The Morgan fingerprint density at radius 2 is 2.10 bits per heavy atom. The first-order chi connectivity index (χ1) is 9.92. The summed E-state index contributed by atoms with van der Waals surface area (Å²) in [4.78, 5) is -0.734. The third kappa shape index (κ3) is 5.06. The lowest BCUT2D eigenvalue weighted by molar-refractivity contribution is 0.196. The molecule has 0 aromatic heterocycles. The quantitative estimate of drug-likeness (QED) is 0.595. The number of aliphatic hydroxyl groups is 1. The Kier molecular flexibility index (Phi) is 6.71. The summed E-state index contributed by atoms with van der Waals surface area (Å²) in [6.45, 7) is -0.176. The summed E-state index contributed by atoms with van der Waals surface area (Å²) >= 11 is 0. The number of halogens is 2. The largest absolute Gasteiger partial charge is 0.385 e. The van der Waals surface area contributed by atoms with Crippen LogP contribution in [0.3, 0.4) is 0 Å². The minimum absolute atomic E-state index is 0.0415. The molecule has 0 atom stereocenters. The SMILES string of the molecule is COCCCNS(=O)(=O)c1c(F)cc(F)cc1C#CCO. The van der Waals surface area contributed by atoms with Gasteiger partial charge in [0.25, 0.3) is 0 Å². The molecule has 0 spiro atoms. The molecule has 21 heavy (non-hydrogen) atoms. The number of benzene rings is 1. The Morgan fingerprint density at radius 1 is 1.38 bits per heavy atom. The summed E-state index contributed by atoms with van der Waals surface area (Å²) in [5.41, 5.74) is -0.346. The molecule has 0 aliphatic carbocycles. The van der Waals surface area contributed by atoms with Crippen molar-refractivity contribution in [1.82, 2.24) is 4.72 Å². The molecule has 0 radical (unpaired) electrons. The number of nitrogens with one attached hydrogen (secondary N) is 1. The predicted octanol–water partition coefficient (Wildman–Crippen LogP) is 0.623. The van der Waals surface area contributed by atoms with E-state index in [9.17, 15) is 17.2 Å². The standard InChI is InChI=1S/C13H15F2NO4S/c1-20-7-3-5-16-21(18,19)13-10(4-2-6-17)8-11(14)9-12(13)15/h8-9,16-17H,3,5-7H2,1H3. The molecule has 0 saturated heterocycles. The van der Waals surface area contributed by atoms with Gasteiger partial charge in [0.15, 0.2) is 0 Å². The van der Waals surface area contributed by atoms with Crippen molar-refractivity contribution in [2.75, 3.05) is 26.9 Å². The predicted molar refractivity (Wildman–Crippen MR) is 72.0 cm³/mol. The lowest BCUT2D eigenvalue weighted by atomic mass is 10.2. The summed E-state index contributed by atoms with van der Waals surface area (Å²) < 4.78 is 58.1. The maximum Gasteiger partial charge on any atom is 0.244 e. The highest BCUT2D eigenvalue weighted by atomic mass is 32.2. The number of sulfonamides is 1. The van der Waals surface area contributed by atoms with E-state index in [1.54, 1.807) is 0 Å². The van der Waals surface area contributed by atoms with Crippen LogP contribution in [-0.4, -0.2) is 40.4 Å². The first-order valence-electron chi connectivity index (χ1n) is 5.99. The second-order valence-corrected chi connectivity index (χ2v) is 5.67. The van der Waals surface area contributed by atoms with Crippen LogP contribution >= 0.6 is 0 Å². The van der Waals surface area contributed by atoms with Crippen LogP contribution in [0.5, 0.6) is 0 Å². The molecule has 0 saturated carbocycles. The maximum atomic E-state index is 13.8. The van der Waals surface area contributed by atoms with E-state index >= 15 is 0 Å². The lowest BCUT2D eigenvalue weighted by Crippen LogP contribution is -2.27. The van der Waals surface area contributed by atoms with Crippen LogP contribution in [0.4, 0.5) is 8.78 Å². The minimum Gasteiger partial charge on any atom is -0.385 e. The Balaban J connectivity index is 3.15. The number of rotatable bonds is 6. The highest BCUT2D eigenvalue weighted by molar-refractivity contribution is 7.89. The van der Waals surface area contributed by atoms with Crippen LogP contribution in [0.15, 0.2) is 17.0 Å². The molecule has 0 heterocycles. The molecule has 5 nitrogen and oxygen atoms in total. The number of ether oxygens (including phenoxy) is 1. The van der Waals surface area contributed by atoms with Crippen LogP contribution < -0.4 is 4.72 Å². The van der Waals surface area contributed by atoms with Gasteiger partial charge in [-0.1, -0.05) is 11.8 Å². The molecular weight excluding hydrogens is 304 g/mol. The van der Waals surface area contributed by atoms with Crippen LogP contribution in [0.1, 0.15) is 12.0 Å². The molecule has 1 rings (SSSR count). The highest BCUT2D eigenvalue weighted by Gasteiger charge is 2.23. The molecule has 1 aromatic rings. The number of methoxy groups -OCH3 is 1. The summed E-state index contributed by atoms with van der Waals surface area (Å²) in [6, 6.07) is 1.27. The van der Waals surface area contributed by atoms with E-state index in [-0.39, 0.29) is 12.1 Å². The molecule has 0 fully saturated rings. The van der Waals surface area contributed by atoms with Crippen molar-refractivity contribution in [3.63, 3.8) is 0 Å². The van der Waals surface area contributed by atoms with E-state index in [2.05, 4.69) is 16.6 Å². The van der Waals surface area contributed by atoms with Gasteiger partial charge in [0.1, 0.15) is 23.1 Å². The molecule has 116 valence electrons. The molecule has 0 bridgehead atoms. The monoisotopic (exact) mass is 319 g/mol. The molecule has 0 aliphatic rings. The molecule has 1 aromatic carbocycles. The Morgan fingerprint density at radius 3 is 2.71 bits per heavy atom. The van der Waals surface area contributed by atoms with Crippen molar-refractivity contribution < 1.29 is 27.0 Å². The fraction of sp³-hybridized carbons (Fsp3) is 0.385. The van der Waals surface area contributed by atoms with Gasteiger partial charge in [-0.25, -0.2) is 21.9 Å². The van der Waals surface area contributed by atoms with Crippen molar-refractivity contribution in [1.29, 1.82) is 0 Å². The fourth-order valence-corrected chi connectivity index (χ4v) is 2.83. The molecule has 0 unspecified atom stereocenters. The van der Waals surface area contributed by atoms with Gasteiger partial charge in [0.2, 0.25) is 10.0 Å². The van der Waals surface area contributed by atoms with E-state index in [1.165, 1.54) is 7.11 Å². The van der Waals surface area contributed by atoms with E-state index in [4.69, 9.17) is 9.84 Å². The highest BCUT2D eigenvalue weighted by Crippen LogP contribution is 2.20. The first-order valence-corrected chi connectivity index (χ1v) is 7.48. The van der Waals surface area contributed by atoms with Gasteiger partial charge >= 0.3 is 0 Å². The van der Waals surface area contributed by atoms with Crippen LogP contribution in [0.25, 0.3) is 0 Å². The van der Waals surface area contributed by atoms with E-state index in [0.29, 0.717) is 19.1 Å². The first kappa shape index (κ1) is 17.5. The Hall–Kier alpha value is -1.53. The second kappa shape index (κ2) is 8.05. The zero-order valence-corrected chi connectivity index (χ0v) is 12.1. The van der Waals surface area contributed by atoms with Crippen LogP contribution in [0.2, 0.25) is 0 Å². The molecule has 2 N–H and O–H groups in total. The maximum absolute atomic E-state index is 13.8. The smallest absolute Gasteiger partial charge is 0.244 e. The zero-order chi connectivity index (χ0) is 15.9. The summed E-state index contributed by atoms with van der Waals surface area (Å²) in [6.07, 6.45) is 0.399. The van der Waals surface area contributed by atoms with E-state index in [0.717, 1.165) is 6.07 Å². The van der Waals surface area contributed by atoms with Gasteiger partial charge in [0.05, 0.1) is 5.56 Å². The molecular formula is C13H15F2NO4S. The lowest BCUT2D eigenvalue weighted by Gasteiger charge is -2.09. The fourth-order valence-electron chi connectivity index (χ4n) is 1.56. The van der Waals surface area contributed by atoms with Gasteiger partial charge in [-0.2, -0.15) is 0 Å². The number of hydrogen-bond donors (Lipinski definition) is 2. The Bertz CT molecular complexity index is 650. The van der Waals surface area contributed by atoms with Crippen molar-refractivity contribution >= 4 is 10.0 Å². The van der Waals surface area contributed by atoms with E-state index in [1.807, 2.05) is 0 Å². The summed E-state index contributed by atoms with van der Waals surface area (Å²) in [5.74, 6) is 2.21. The normalized spacial score (nSPS) is 11.0. The van der Waals surface area contributed by atoms with Gasteiger partial charge in [0, 0.05) is 26.3 Å². The summed E-state index contributed by atoms with van der Waals surface area (Å²) in [7, 11) is -2.71. The summed E-state index contributed by atoms with van der Waals surface area (Å²) in [5, 5.41) is 8.62. The minimum atomic E-state index is -4.18. The average molecular weight is 319 g/mol. The average Bonchev–Trinajstić information content (AvgIpc) is 2.40. The number of aliphatic hydroxyl groups excluding tert-OH is 1. The zero-order valence-electron chi connectivity index (χ0n) is 11.3. The van der Waals surface area contributed by atoms with Gasteiger partial charge < -0.3 is 9.84 Å². The number of hydrogen-bond acceptors (Lipinski definition) is 4. The van der Waals surface area contributed by atoms with Crippen molar-refractivity contribution in [2.45, 2.75) is 11.3 Å². The van der Waals surface area contributed by atoms with Crippen molar-refractivity contribution in [3.8, 4) is 11.8 Å². The molecule has 0 amide bonds. The van der Waals surface area contributed by atoms with Crippen molar-refractivity contribution in [3.05, 3.63) is 29.3 Å². The van der Waals surface area contributed by atoms with Gasteiger partial charge in [-0.15, -0.1) is 0 Å². The third-order valence-electron chi connectivity index (χ3n) is 2.40. The second-order valence-electron chi connectivity index (χ2n) is 3.97. The van der Waals surface area contributed by atoms with Crippen LogP contribution in [0, 0.1) is 23.5 Å². The van der Waals surface area contributed by atoms with Crippen molar-refractivity contribution in [2.24, 2.45) is 0 Å². The van der Waals surface area contributed by atoms with Gasteiger partial charge in [-0.3, -0.25) is 0 Å². The van der Waals surface area contributed by atoms with Gasteiger partial charge in [-0.05, 0) is 12.5 Å². The molecule has 0 aliphatic heterocycles. The van der Waals surface area contributed by atoms with Crippen LogP contribution in [-0.2, 0) is 14.8 Å². The Labute approximate surface area is 122 Å². The topological polar surface area (TPSA) is 75.6 Å².